The van der Waals surface area contributed by atoms with E-state index in [9.17, 15) is 0 Å². The number of halogens is 3. The number of hydrazone groups is 1. The molecule has 0 radical (unpaired) electrons. The summed E-state index contributed by atoms with van der Waals surface area (Å²) < 4.78 is 1.12. The fourth-order valence-corrected chi connectivity index (χ4v) is 3.68. The van der Waals surface area contributed by atoms with Crippen molar-refractivity contribution in [2.24, 2.45) is 16.8 Å². The maximum Gasteiger partial charge on any atom is 0.0784 e. The first-order valence-corrected chi connectivity index (χ1v) is 8.68. The molecule has 3 rings (SSSR count). The molecule has 1 aliphatic heterocycles. The minimum atomic E-state index is 0.227. The van der Waals surface area contributed by atoms with Crippen LogP contribution in [-0.2, 0) is 0 Å². The predicted octanol–water partition coefficient (Wildman–Crippen LogP) is 4.74. The molecule has 0 fully saturated rings. The maximum absolute atomic E-state index is 6.36. The van der Waals surface area contributed by atoms with Crippen molar-refractivity contribution in [3.05, 3.63) is 51.0 Å². The molecule has 3 nitrogen and oxygen atoms in total. The van der Waals surface area contributed by atoms with Crippen LogP contribution < -0.4 is 10.7 Å². The van der Waals surface area contributed by atoms with Crippen molar-refractivity contribution >= 4 is 50.5 Å². The monoisotopic (exact) mass is 399 g/mol. The second-order valence-corrected chi connectivity index (χ2v) is 7.19. The second kappa shape index (κ2) is 6.75. The van der Waals surface area contributed by atoms with E-state index in [2.05, 4.69) is 39.3 Å². The molecule has 2 aliphatic rings. The summed E-state index contributed by atoms with van der Waals surface area (Å²) in [4.78, 5) is 0. The van der Waals surface area contributed by atoms with E-state index in [1.54, 1.807) is 6.07 Å². The molecule has 0 saturated carbocycles. The zero-order valence-electron chi connectivity index (χ0n) is 11.8. The Labute approximate surface area is 148 Å². The average molecular weight is 401 g/mol. The molecule has 0 bridgehead atoms. The first-order valence-electron chi connectivity index (χ1n) is 7.13. The quantitative estimate of drug-likeness (QED) is 0.795. The molecule has 0 amide bonds. The third-order valence-corrected chi connectivity index (χ3v) is 5.11. The van der Waals surface area contributed by atoms with Gasteiger partial charge in [0, 0.05) is 28.4 Å². The van der Waals surface area contributed by atoms with Crippen LogP contribution >= 0.6 is 39.1 Å². The van der Waals surface area contributed by atoms with Crippen LogP contribution in [0.2, 0.25) is 10.0 Å². The van der Waals surface area contributed by atoms with Crippen molar-refractivity contribution in [3.63, 3.8) is 0 Å². The largest absolute Gasteiger partial charge is 0.325 e. The highest BCUT2D eigenvalue weighted by Crippen LogP contribution is 2.37. The molecule has 1 aromatic carbocycles. The highest BCUT2D eigenvalue weighted by molar-refractivity contribution is 9.11. The van der Waals surface area contributed by atoms with E-state index >= 15 is 0 Å². The van der Waals surface area contributed by atoms with Gasteiger partial charge in [-0.2, -0.15) is 5.10 Å². The Morgan fingerprint density at radius 3 is 2.82 bits per heavy atom. The lowest BCUT2D eigenvalue weighted by molar-refractivity contribution is 0.499. The Kier molecular flexibility index (Phi) is 4.93. The van der Waals surface area contributed by atoms with Gasteiger partial charge in [-0.05, 0) is 24.6 Å². The van der Waals surface area contributed by atoms with Gasteiger partial charge < -0.3 is 5.73 Å². The van der Waals surface area contributed by atoms with Crippen molar-refractivity contribution in [2.45, 2.75) is 18.9 Å². The van der Waals surface area contributed by atoms with Crippen molar-refractivity contribution in [1.82, 2.24) is 0 Å². The lowest BCUT2D eigenvalue weighted by Gasteiger charge is -2.30. The van der Waals surface area contributed by atoms with Crippen molar-refractivity contribution in [2.75, 3.05) is 11.6 Å². The maximum atomic E-state index is 6.36. The molecule has 1 heterocycles. The van der Waals surface area contributed by atoms with Gasteiger partial charge in [0.15, 0.2) is 0 Å². The van der Waals surface area contributed by atoms with Crippen LogP contribution in [-0.4, -0.2) is 18.3 Å². The molecule has 22 heavy (non-hydrogen) atoms. The van der Waals surface area contributed by atoms with Gasteiger partial charge >= 0.3 is 0 Å². The number of nitrogens with two attached hydrogens (primary N) is 1. The Morgan fingerprint density at radius 2 is 2.18 bits per heavy atom. The topological polar surface area (TPSA) is 41.6 Å². The first-order chi connectivity index (χ1) is 10.6. The van der Waals surface area contributed by atoms with Gasteiger partial charge in [-0.1, -0.05) is 57.4 Å². The zero-order valence-corrected chi connectivity index (χ0v) is 14.9. The molecule has 0 spiro atoms. The van der Waals surface area contributed by atoms with Gasteiger partial charge in [-0.15, -0.1) is 0 Å². The minimum absolute atomic E-state index is 0.227. The first kappa shape index (κ1) is 16.1. The summed E-state index contributed by atoms with van der Waals surface area (Å²) in [5, 5.41) is 7.91. The third-order valence-electron chi connectivity index (χ3n) is 3.98. The zero-order chi connectivity index (χ0) is 15.7. The summed E-state index contributed by atoms with van der Waals surface area (Å²) in [6.07, 6.45) is 8.33. The summed E-state index contributed by atoms with van der Waals surface area (Å²) in [7, 11) is 0. The molecule has 2 N–H and O–H groups in total. The minimum Gasteiger partial charge on any atom is -0.325 e. The summed E-state index contributed by atoms with van der Waals surface area (Å²) in [6, 6.07) is 5.73. The lowest BCUT2D eigenvalue weighted by Crippen LogP contribution is -2.34. The molecular formula is C16H16BrCl2N3. The molecule has 1 aliphatic carbocycles. The number of nitrogens with zero attached hydrogens (tertiary/aromatic N) is 2. The number of benzene rings is 1. The lowest BCUT2D eigenvalue weighted by atomic mass is 9.89. The van der Waals surface area contributed by atoms with Crippen LogP contribution in [0.15, 0.2) is 46.0 Å². The fourth-order valence-electron chi connectivity index (χ4n) is 2.85. The van der Waals surface area contributed by atoms with Crippen LogP contribution in [0.25, 0.3) is 0 Å². The number of rotatable bonds is 3. The Bertz CT molecular complexity index is 669. The molecular weight excluding hydrogens is 385 g/mol. The molecule has 2 atom stereocenters. The summed E-state index contributed by atoms with van der Waals surface area (Å²) in [5.74, 6) is 0.376. The highest BCUT2D eigenvalue weighted by Gasteiger charge is 2.33. The number of hydrogen-bond acceptors (Lipinski definition) is 3. The van der Waals surface area contributed by atoms with Crippen molar-refractivity contribution < 1.29 is 0 Å². The number of allylic oxidation sites excluding steroid dienone is 3. The molecule has 116 valence electrons. The van der Waals surface area contributed by atoms with Crippen LogP contribution in [0.3, 0.4) is 0 Å². The number of anilines is 1. The van der Waals surface area contributed by atoms with Crippen LogP contribution in [0.1, 0.15) is 12.8 Å². The van der Waals surface area contributed by atoms with Crippen LogP contribution in [0.5, 0.6) is 0 Å². The van der Waals surface area contributed by atoms with Gasteiger partial charge in [-0.25, -0.2) is 0 Å². The van der Waals surface area contributed by atoms with Gasteiger partial charge in [0.25, 0.3) is 0 Å². The van der Waals surface area contributed by atoms with Crippen molar-refractivity contribution in [3.8, 4) is 0 Å². The molecule has 1 aromatic rings. The van der Waals surface area contributed by atoms with Gasteiger partial charge in [0.05, 0.1) is 22.5 Å². The standard InChI is InChI=1S/C16H16BrCl2N3/c17-11-3-1-10(2-4-11)16-8-13(9-20)21-22(16)15-6-5-12(18)7-14(15)19/h1,3-7,10,16H,2,8-9,20H2/t10?,16-/m0/s1. The SMILES string of the molecule is NCC1=NN(c2ccc(Cl)cc2Cl)[C@H](C2C=CC(Br)=CC2)C1. The van der Waals surface area contributed by atoms with E-state index in [4.69, 9.17) is 28.9 Å². The second-order valence-electron chi connectivity index (χ2n) is 5.43. The molecule has 0 saturated heterocycles. The summed E-state index contributed by atoms with van der Waals surface area (Å²) >= 11 is 15.9. The molecule has 1 unspecified atom stereocenters. The van der Waals surface area contributed by atoms with Crippen molar-refractivity contribution in [1.29, 1.82) is 0 Å². The molecule has 0 aromatic heterocycles. The van der Waals surface area contributed by atoms with E-state index < -0.39 is 0 Å². The van der Waals surface area contributed by atoms with E-state index in [0.717, 1.165) is 28.7 Å². The average Bonchev–Trinajstić information content (AvgIpc) is 2.92. The van der Waals surface area contributed by atoms with Gasteiger partial charge in [0.1, 0.15) is 0 Å². The Morgan fingerprint density at radius 1 is 1.36 bits per heavy atom. The fraction of sp³-hybridized carbons (Fsp3) is 0.312. The van der Waals surface area contributed by atoms with Gasteiger partial charge in [0.2, 0.25) is 0 Å². The summed E-state index contributed by atoms with van der Waals surface area (Å²) in [5.41, 5.74) is 7.68. The van der Waals surface area contributed by atoms with E-state index in [1.165, 1.54) is 0 Å². The van der Waals surface area contributed by atoms with Crippen LogP contribution in [0.4, 0.5) is 5.69 Å². The van der Waals surface area contributed by atoms with E-state index in [-0.39, 0.29) is 6.04 Å². The molecule has 6 heteroatoms. The number of hydrogen-bond donors (Lipinski definition) is 1. The summed E-state index contributed by atoms with van der Waals surface area (Å²) in [6.45, 7) is 0.466. The smallest absolute Gasteiger partial charge is 0.0784 e. The third kappa shape index (κ3) is 3.25. The Hall–Kier alpha value is -0.810. The Balaban J connectivity index is 1.91. The highest BCUT2D eigenvalue weighted by atomic mass is 79.9. The van der Waals surface area contributed by atoms with E-state index in [1.807, 2.05) is 17.1 Å². The predicted molar refractivity (Wildman–Crippen MR) is 98.1 cm³/mol. The van der Waals surface area contributed by atoms with Crippen LogP contribution in [0, 0.1) is 5.92 Å². The van der Waals surface area contributed by atoms with E-state index in [0.29, 0.717) is 22.5 Å². The normalized spacial score (nSPS) is 24.5. The van der Waals surface area contributed by atoms with Gasteiger partial charge in [-0.3, -0.25) is 5.01 Å².